The van der Waals surface area contributed by atoms with Gasteiger partial charge in [0.15, 0.2) is 11.4 Å². The van der Waals surface area contributed by atoms with E-state index in [0.29, 0.717) is 6.42 Å². The fraction of sp³-hybridized carbons (Fsp3) is 0.481. The van der Waals surface area contributed by atoms with E-state index in [4.69, 9.17) is 4.52 Å². The zero-order valence-electron chi connectivity index (χ0n) is 20.0. The largest absolute Gasteiger partial charge is 0.354 e. The Bertz CT molecular complexity index is 1160. The van der Waals surface area contributed by atoms with Crippen molar-refractivity contribution in [3.63, 3.8) is 0 Å². The van der Waals surface area contributed by atoms with Gasteiger partial charge in [-0.1, -0.05) is 50.2 Å². The van der Waals surface area contributed by atoms with Gasteiger partial charge in [-0.25, -0.2) is 0 Å². The Morgan fingerprint density at radius 3 is 2.70 bits per heavy atom. The molecular weight excluding hydrogens is 412 g/mol. The predicted octanol–water partition coefficient (Wildman–Crippen LogP) is 4.76. The van der Waals surface area contributed by atoms with E-state index >= 15 is 0 Å². The molecule has 0 unspecified atom stereocenters. The second-order valence-corrected chi connectivity index (χ2v) is 10.1. The molecule has 0 atom stereocenters. The van der Waals surface area contributed by atoms with Gasteiger partial charge >= 0.3 is 0 Å². The van der Waals surface area contributed by atoms with Gasteiger partial charge in [-0.3, -0.25) is 9.69 Å². The van der Waals surface area contributed by atoms with Gasteiger partial charge in [-0.2, -0.15) is 0 Å². The van der Waals surface area contributed by atoms with E-state index in [1.807, 2.05) is 18.2 Å². The molecule has 6 nitrogen and oxygen atoms in total. The van der Waals surface area contributed by atoms with Crippen LogP contribution in [0.25, 0.3) is 11.0 Å². The van der Waals surface area contributed by atoms with Crippen LogP contribution >= 0.6 is 0 Å². The average Bonchev–Trinajstić information content (AvgIpc) is 3.23. The molecule has 33 heavy (non-hydrogen) atoms. The van der Waals surface area contributed by atoms with Crippen molar-refractivity contribution in [3.8, 4) is 0 Å². The Hall–Kier alpha value is -2.86. The van der Waals surface area contributed by atoms with Crippen LogP contribution in [0.15, 0.2) is 40.9 Å². The molecule has 174 valence electrons. The molecule has 5 rings (SSSR count). The zero-order chi connectivity index (χ0) is 23.0. The lowest BCUT2D eigenvalue weighted by atomic mass is 9.76. The number of nitrogens with one attached hydrogen (secondary N) is 1. The third kappa shape index (κ3) is 4.36. The Balaban J connectivity index is 1.19. The molecule has 0 saturated carbocycles. The summed E-state index contributed by atoms with van der Waals surface area (Å²) in [7, 11) is 0. The van der Waals surface area contributed by atoms with Gasteiger partial charge in [0.1, 0.15) is 0 Å². The van der Waals surface area contributed by atoms with E-state index in [0.717, 1.165) is 74.5 Å². The number of piperazine rings is 1. The maximum Gasteiger partial charge on any atom is 0.225 e. The Labute approximate surface area is 195 Å². The van der Waals surface area contributed by atoms with E-state index in [9.17, 15) is 4.79 Å². The van der Waals surface area contributed by atoms with E-state index < -0.39 is 0 Å². The number of carbonyl (C=O) groups excluding carboxylic acids is 1. The molecule has 0 spiro atoms. The minimum absolute atomic E-state index is 0.112. The lowest BCUT2D eigenvalue weighted by Gasteiger charge is -2.35. The summed E-state index contributed by atoms with van der Waals surface area (Å²) in [5.74, 6) is 1.11. The van der Waals surface area contributed by atoms with Gasteiger partial charge in [0, 0.05) is 43.7 Å². The number of rotatable bonds is 6. The fourth-order valence-corrected chi connectivity index (χ4v) is 5.34. The van der Waals surface area contributed by atoms with Crippen LogP contribution in [0.5, 0.6) is 0 Å². The van der Waals surface area contributed by atoms with Crippen LogP contribution in [0.1, 0.15) is 50.3 Å². The molecule has 2 aliphatic heterocycles. The van der Waals surface area contributed by atoms with E-state index in [1.165, 1.54) is 16.7 Å². The lowest BCUT2D eigenvalue weighted by molar-refractivity contribution is -0.117. The molecule has 3 heterocycles. The smallest absolute Gasteiger partial charge is 0.225 e. The highest BCUT2D eigenvalue weighted by Crippen LogP contribution is 2.40. The van der Waals surface area contributed by atoms with Crippen molar-refractivity contribution >= 4 is 28.4 Å². The molecule has 1 N–H and O–H groups in total. The van der Waals surface area contributed by atoms with Crippen molar-refractivity contribution in [2.45, 2.75) is 51.9 Å². The molecule has 1 saturated heterocycles. The van der Waals surface area contributed by atoms with Crippen molar-refractivity contribution in [1.82, 2.24) is 10.1 Å². The van der Waals surface area contributed by atoms with Crippen molar-refractivity contribution in [1.29, 1.82) is 0 Å². The average molecular weight is 447 g/mol. The minimum Gasteiger partial charge on any atom is -0.354 e. The second kappa shape index (κ2) is 8.82. The molecule has 1 fully saturated rings. The van der Waals surface area contributed by atoms with Crippen molar-refractivity contribution in [2.75, 3.05) is 42.9 Å². The molecule has 0 bridgehead atoms. The fourth-order valence-electron chi connectivity index (χ4n) is 5.34. The van der Waals surface area contributed by atoms with Crippen LogP contribution in [0.2, 0.25) is 0 Å². The highest BCUT2D eigenvalue weighted by molar-refractivity contribution is 5.96. The van der Waals surface area contributed by atoms with E-state index in [1.54, 1.807) is 0 Å². The summed E-state index contributed by atoms with van der Waals surface area (Å²) in [5.41, 5.74) is 5.75. The summed E-state index contributed by atoms with van der Waals surface area (Å²) in [6, 6.07) is 12.7. The number of aromatic nitrogens is 1. The normalized spacial score (nSPS) is 18.4. The molecule has 1 aromatic heterocycles. The molecule has 2 aliphatic rings. The minimum atomic E-state index is -0.112. The van der Waals surface area contributed by atoms with Gasteiger partial charge < -0.3 is 14.7 Å². The van der Waals surface area contributed by atoms with Gasteiger partial charge in [-0.15, -0.1) is 0 Å². The number of amides is 1. The number of hydrogen-bond acceptors (Lipinski definition) is 5. The maximum absolute atomic E-state index is 12.2. The lowest BCUT2D eigenvalue weighted by Crippen LogP contribution is -2.46. The van der Waals surface area contributed by atoms with Crippen LogP contribution in [-0.4, -0.2) is 48.7 Å². The first-order chi connectivity index (χ1) is 15.9. The first kappa shape index (κ1) is 22.0. The maximum atomic E-state index is 12.2. The Morgan fingerprint density at radius 2 is 1.91 bits per heavy atom. The summed E-state index contributed by atoms with van der Waals surface area (Å²) in [6.45, 7) is 11.7. The molecule has 0 radical (unpaired) electrons. The summed E-state index contributed by atoms with van der Waals surface area (Å²) in [6.07, 6.45) is 3.70. The highest BCUT2D eigenvalue weighted by atomic mass is 16.5. The summed E-state index contributed by atoms with van der Waals surface area (Å²) < 4.78 is 5.49. The number of carbonyl (C=O) groups is 1. The number of benzene rings is 2. The van der Waals surface area contributed by atoms with Crippen LogP contribution in [-0.2, 0) is 23.1 Å². The van der Waals surface area contributed by atoms with Gasteiger partial charge in [0.05, 0.1) is 5.39 Å². The number of hydrogen-bond donors (Lipinski definition) is 1. The Morgan fingerprint density at radius 1 is 1.12 bits per heavy atom. The van der Waals surface area contributed by atoms with E-state index in [-0.39, 0.29) is 11.3 Å². The third-order valence-electron chi connectivity index (χ3n) is 7.23. The van der Waals surface area contributed by atoms with Crippen LogP contribution in [0, 0.1) is 0 Å². The summed E-state index contributed by atoms with van der Waals surface area (Å²) >= 11 is 0. The second-order valence-electron chi connectivity index (χ2n) is 10.1. The molecule has 2 aromatic carbocycles. The molecule has 1 amide bonds. The summed E-state index contributed by atoms with van der Waals surface area (Å²) in [4.78, 5) is 17.1. The van der Waals surface area contributed by atoms with Crippen molar-refractivity contribution < 1.29 is 9.32 Å². The van der Waals surface area contributed by atoms with Gasteiger partial charge in [0.25, 0.3) is 0 Å². The molecular formula is C27H34N4O2. The van der Waals surface area contributed by atoms with Crippen molar-refractivity contribution in [2.24, 2.45) is 0 Å². The predicted molar refractivity (Wildman–Crippen MR) is 133 cm³/mol. The number of aryl methyl sites for hydroxylation is 2. The van der Waals surface area contributed by atoms with Crippen LogP contribution in [0.3, 0.4) is 0 Å². The number of nitrogens with zero attached hydrogens (tertiary/aromatic N) is 3. The number of para-hydroxylation sites is 1. The van der Waals surface area contributed by atoms with Crippen molar-refractivity contribution in [3.05, 3.63) is 53.1 Å². The molecule has 6 heteroatoms. The summed E-state index contributed by atoms with van der Waals surface area (Å²) in [5, 5.41) is 8.55. The first-order valence-electron chi connectivity index (χ1n) is 12.2. The number of fused-ring (bicyclic) bond motifs is 2. The quantitative estimate of drug-likeness (QED) is 0.591. The zero-order valence-corrected chi connectivity index (χ0v) is 20.0. The molecule has 3 aromatic rings. The van der Waals surface area contributed by atoms with E-state index in [2.05, 4.69) is 59.2 Å². The third-order valence-corrected chi connectivity index (χ3v) is 7.23. The van der Waals surface area contributed by atoms with Gasteiger partial charge in [-0.05, 0) is 54.6 Å². The van der Waals surface area contributed by atoms with Crippen LogP contribution in [0.4, 0.5) is 11.5 Å². The van der Waals surface area contributed by atoms with Gasteiger partial charge in [0.2, 0.25) is 5.91 Å². The molecule has 0 aliphatic carbocycles. The SMILES string of the molecule is CCc1cc(CCCN2CCN(c3noc4ccccc34)CC2)cc2c1NC(=O)CC2(C)C. The highest BCUT2D eigenvalue weighted by Gasteiger charge is 2.33. The monoisotopic (exact) mass is 446 g/mol. The van der Waals surface area contributed by atoms with Crippen LogP contribution < -0.4 is 10.2 Å². The Kier molecular flexibility index (Phi) is 5.87. The topological polar surface area (TPSA) is 61.6 Å². The number of anilines is 2. The standard InChI is InChI=1S/C27H34N4O2/c1-4-20-16-19(17-22-25(20)28-24(32)18-27(22,2)3)8-7-11-30-12-14-31(15-13-30)26-21-9-5-6-10-23(21)33-29-26/h5-6,9-10,16-17H,4,7-8,11-15,18H2,1-3H3,(H,28,32). The first-order valence-corrected chi connectivity index (χ1v) is 12.2.